The zero-order chi connectivity index (χ0) is 18.1. The monoisotopic (exact) mass is 358 g/mol. The average molecular weight is 358 g/mol. The van der Waals surface area contributed by atoms with Crippen molar-refractivity contribution in [3.05, 3.63) is 94.4 Å². The largest absolute Gasteiger partial charge is 0.506 e. The third-order valence-corrected chi connectivity index (χ3v) is 5.36. The number of fused-ring (bicyclic) bond motifs is 2. The van der Waals surface area contributed by atoms with Crippen molar-refractivity contribution in [2.45, 2.75) is 0 Å². The molecule has 0 fully saturated rings. The number of Topliss-reactive ketones (excluding diaryl/α,β-unsaturated/α-hetero) is 2. The highest BCUT2D eigenvalue weighted by Gasteiger charge is 2.31. The Balaban J connectivity index is 1.53. The number of hydrogen-bond acceptors (Lipinski definition) is 4. The quantitative estimate of drug-likeness (QED) is 0.399. The van der Waals surface area contributed by atoms with Gasteiger partial charge in [-0.1, -0.05) is 54.6 Å². The van der Waals surface area contributed by atoms with Gasteiger partial charge in [0.15, 0.2) is 11.6 Å². The molecule has 4 heteroatoms. The molecule has 3 nitrogen and oxygen atoms in total. The summed E-state index contributed by atoms with van der Waals surface area (Å²) in [6.07, 6.45) is 8.53. The average Bonchev–Trinajstić information content (AvgIpc) is 3.11. The highest BCUT2D eigenvalue weighted by atomic mass is 32.1. The fourth-order valence-corrected chi connectivity index (χ4v) is 3.96. The van der Waals surface area contributed by atoms with Crippen LogP contribution >= 0.6 is 11.3 Å². The summed E-state index contributed by atoms with van der Waals surface area (Å²) in [7, 11) is 0. The summed E-state index contributed by atoms with van der Waals surface area (Å²) in [5.41, 5.74) is 1.10. The summed E-state index contributed by atoms with van der Waals surface area (Å²) >= 11 is 1.51. The van der Waals surface area contributed by atoms with Gasteiger partial charge in [0.25, 0.3) is 0 Å². The Hall–Kier alpha value is -3.24. The minimum Gasteiger partial charge on any atom is -0.506 e. The first-order chi connectivity index (χ1) is 12.7. The molecule has 0 spiro atoms. The lowest BCUT2D eigenvalue weighted by atomic mass is 10.1. The van der Waals surface area contributed by atoms with Gasteiger partial charge in [-0.3, -0.25) is 9.59 Å². The SMILES string of the molecule is O=C1C(=CC=CC=Cc2sc3ccccc3c2O)C(=O)c2ccccc21. The molecule has 1 aliphatic rings. The lowest BCUT2D eigenvalue weighted by Crippen LogP contribution is -1.99. The van der Waals surface area contributed by atoms with E-state index in [9.17, 15) is 14.7 Å². The Morgan fingerprint density at radius 3 is 2.15 bits per heavy atom. The number of carbonyl (C=O) groups excluding carboxylic acids is 2. The molecule has 0 saturated heterocycles. The van der Waals surface area contributed by atoms with Gasteiger partial charge >= 0.3 is 0 Å². The van der Waals surface area contributed by atoms with E-state index in [1.54, 1.807) is 48.6 Å². The van der Waals surface area contributed by atoms with E-state index in [0.29, 0.717) is 11.1 Å². The molecule has 0 atom stereocenters. The van der Waals surface area contributed by atoms with E-state index in [0.717, 1.165) is 15.0 Å². The number of carbonyl (C=O) groups is 2. The number of allylic oxidation sites excluding steroid dienone is 5. The summed E-state index contributed by atoms with van der Waals surface area (Å²) in [5.74, 6) is -0.201. The van der Waals surface area contributed by atoms with Crippen LogP contribution in [0, 0.1) is 0 Å². The van der Waals surface area contributed by atoms with Crippen LogP contribution in [-0.4, -0.2) is 16.7 Å². The van der Waals surface area contributed by atoms with E-state index in [-0.39, 0.29) is 22.9 Å². The minimum atomic E-state index is -0.235. The van der Waals surface area contributed by atoms with Gasteiger partial charge in [0.2, 0.25) is 0 Å². The zero-order valence-electron chi connectivity index (χ0n) is 13.7. The second kappa shape index (κ2) is 6.58. The number of ketones is 2. The summed E-state index contributed by atoms with van der Waals surface area (Å²) < 4.78 is 1.02. The van der Waals surface area contributed by atoms with Crippen LogP contribution in [0.2, 0.25) is 0 Å². The molecule has 126 valence electrons. The summed E-state index contributed by atoms with van der Waals surface area (Å²) in [4.78, 5) is 25.3. The molecule has 26 heavy (non-hydrogen) atoms. The number of thiophene rings is 1. The molecule has 0 aliphatic heterocycles. The first-order valence-electron chi connectivity index (χ1n) is 8.11. The molecule has 2 aromatic carbocycles. The van der Waals surface area contributed by atoms with Gasteiger partial charge in [-0.25, -0.2) is 0 Å². The predicted octanol–water partition coefficient (Wildman–Crippen LogP) is 5.18. The number of hydrogen-bond donors (Lipinski definition) is 1. The molecule has 0 amide bonds. The fraction of sp³-hybridized carbons (Fsp3) is 0. The Morgan fingerprint density at radius 2 is 1.46 bits per heavy atom. The number of benzene rings is 2. The van der Waals surface area contributed by atoms with Crippen molar-refractivity contribution in [1.29, 1.82) is 0 Å². The third kappa shape index (κ3) is 2.70. The maximum absolute atomic E-state index is 12.3. The molecule has 1 N–H and O–H groups in total. The van der Waals surface area contributed by atoms with Crippen molar-refractivity contribution in [2.24, 2.45) is 0 Å². The molecule has 0 saturated carbocycles. The van der Waals surface area contributed by atoms with Crippen molar-refractivity contribution in [2.75, 3.05) is 0 Å². The molecule has 1 aliphatic carbocycles. The molecular formula is C22H14O3S. The summed E-state index contributed by atoms with van der Waals surface area (Å²) in [5, 5.41) is 11.1. The van der Waals surface area contributed by atoms with Crippen molar-refractivity contribution >= 4 is 39.1 Å². The predicted molar refractivity (Wildman–Crippen MR) is 105 cm³/mol. The van der Waals surface area contributed by atoms with Gasteiger partial charge in [0.1, 0.15) is 5.75 Å². The first-order valence-corrected chi connectivity index (χ1v) is 8.92. The van der Waals surface area contributed by atoms with Crippen LogP contribution in [0.3, 0.4) is 0 Å². The summed E-state index contributed by atoms with van der Waals surface area (Å²) in [6, 6.07) is 14.5. The van der Waals surface area contributed by atoms with E-state index < -0.39 is 0 Å². The Kier molecular flexibility index (Phi) is 4.11. The molecule has 0 bridgehead atoms. The second-order valence-electron chi connectivity index (χ2n) is 5.84. The molecule has 0 unspecified atom stereocenters. The Bertz CT molecular complexity index is 1090. The zero-order valence-corrected chi connectivity index (χ0v) is 14.5. The minimum absolute atomic E-state index is 0.181. The van der Waals surface area contributed by atoms with Gasteiger partial charge in [0.05, 0.1) is 10.5 Å². The van der Waals surface area contributed by atoms with Gasteiger partial charge in [-0.15, -0.1) is 11.3 Å². The third-order valence-electron chi connectivity index (χ3n) is 4.23. The fourth-order valence-electron chi connectivity index (χ4n) is 2.95. The molecule has 3 aromatic rings. The lowest BCUT2D eigenvalue weighted by Gasteiger charge is -1.90. The highest BCUT2D eigenvalue weighted by Crippen LogP contribution is 2.37. The molecular weight excluding hydrogens is 344 g/mol. The smallest absolute Gasteiger partial charge is 0.197 e. The van der Waals surface area contributed by atoms with E-state index >= 15 is 0 Å². The van der Waals surface area contributed by atoms with Crippen LogP contribution in [-0.2, 0) is 0 Å². The normalized spacial score (nSPS) is 14.1. The van der Waals surface area contributed by atoms with Crippen molar-refractivity contribution < 1.29 is 14.7 Å². The lowest BCUT2D eigenvalue weighted by molar-refractivity contribution is 0.0989. The maximum atomic E-state index is 12.3. The van der Waals surface area contributed by atoms with Gasteiger partial charge in [0, 0.05) is 21.2 Å². The van der Waals surface area contributed by atoms with E-state index in [4.69, 9.17) is 0 Å². The van der Waals surface area contributed by atoms with Crippen molar-refractivity contribution in [3.63, 3.8) is 0 Å². The van der Waals surface area contributed by atoms with Crippen molar-refractivity contribution in [3.8, 4) is 5.75 Å². The number of aromatic hydroxyl groups is 1. The van der Waals surface area contributed by atoms with Gasteiger partial charge < -0.3 is 5.11 Å². The molecule has 0 radical (unpaired) electrons. The summed E-state index contributed by atoms with van der Waals surface area (Å²) in [6.45, 7) is 0. The molecule has 1 heterocycles. The second-order valence-corrected chi connectivity index (χ2v) is 6.92. The van der Waals surface area contributed by atoms with Gasteiger partial charge in [-0.05, 0) is 24.3 Å². The van der Waals surface area contributed by atoms with Crippen LogP contribution in [0.4, 0.5) is 0 Å². The topological polar surface area (TPSA) is 54.4 Å². The van der Waals surface area contributed by atoms with Crippen molar-refractivity contribution in [1.82, 2.24) is 0 Å². The van der Waals surface area contributed by atoms with E-state index in [2.05, 4.69) is 0 Å². The Labute approximate surface area is 154 Å². The van der Waals surface area contributed by atoms with Crippen LogP contribution in [0.1, 0.15) is 25.6 Å². The van der Waals surface area contributed by atoms with Crippen LogP contribution in [0.15, 0.2) is 78.4 Å². The Morgan fingerprint density at radius 1 is 0.808 bits per heavy atom. The van der Waals surface area contributed by atoms with Crippen LogP contribution in [0.25, 0.3) is 16.2 Å². The van der Waals surface area contributed by atoms with Gasteiger partial charge in [-0.2, -0.15) is 0 Å². The standard InChI is InChI=1S/C22H14O3S/c23-20-14-8-4-5-9-15(14)21(24)17(20)11-2-1-3-13-19-22(25)16-10-6-7-12-18(16)26-19/h1-13,25H. The van der Waals surface area contributed by atoms with E-state index in [1.807, 2.05) is 30.3 Å². The van der Waals surface area contributed by atoms with E-state index in [1.165, 1.54) is 11.3 Å². The molecule has 1 aromatic heterocycles. The van der Waals surface area contributed by atoms with Crippen LogP contribution in [0.5, 0.6) is 5.75 Å². The maximum Gasteiger partial charge on any atom is 0.197 e. The highest BCUT2D eigenvalue weighted by molar-refractivity contribution is 7.20. The first kappa shape index (κ1) is 16.2. The molecule has 4 rings (SSSR count). The number of rotatable bonds is 3. The van der Waals surface area contributed by atoms with Crippen LogP contribution < -0.4 is 0 Å².